The van der Waals surface area contributed by atoms with E-state index in [2.05, 4.69) is 32.9 Å². The zero-order valence-electron chi connectivity index (χ0n) is 49.7. The standard InChI is InChI=1S/C19H38O4.C18H34O3.C14H28O2.2C3H8O3.C3H6O3/c1-2-3-4-5-6-7-8-9-10-11-12-13-14-15-19(22)23-17-18(21)16-20;1-2-3-4-11-14-17(19)15-12-9-7-5-6-8-10-13-16-18(20)21;1-2-3-4-5-6-7-8-9-10-11-12-13-14(15)16;2*4-1-3(6)2-5;1-2(4)3(5)6/h18,20-21H,2-17H2,1H3;9,12,17,19H,2-8,10-11,13-16H2,1H3,(H,20,21);2-13H2,1H3,(H,15,16);2*3-6H,1-2H2;2,4H,1H3,(H,5,6)/b;12-9-;;;;. The van der Waals surface area contributed by atoms with E-state index in [1.807, 2.05) is 0 Å². The fourth-order valence-electron chi connectivity index (χ4n) is 7.02. The summed E-state index contributed by atoms with van der Waals surface area (Å²) < 4.78 is 4.85. The number of unbranched alkanes of at least 4 members (excludes halogenated alkanes) is 30. The maximum atomic E-state index is 11.3. The fourth-order valence-corrected chi connectivity index (χ4v) is 7.02. The van der Waals surface area contributed by atoms with Crippen molar-refractivity contribution in [3.05, 3.63) is 12.2 Å². The first kappa shape index (κ1) is 86.5. The number of carbonyl (C=O) groups excluding carboxylic acids is 1. The highest BCUT2D eigenvalue weighted by atomic mass is 16.5. The van der Waals surface area contributed by atoms with Crippen LogP contribution in [0.1, 0.15) is 278 Å². The molecule has 18 nitrogen and oxygen atoms in total. The zero-order chi connectivity index (χ0) is 60.1. The average Bonchev–Trinajstić information content (AvgIpc) is 3.42. The number of rotatable bonds is 49. The van der Waals surface area contributed by atoms with Crippen molar-refractivity contribution in [1.29, 1.82) is 0 Å². The lowest BCUT2D eigenvalue weighted by Crippen LogP contribution is -2.21. The third-order valence-corrected chi connectivity index (χ3v) is 12.1. The Kier molecular flexibility index (Phi) is 84.6. The van der Waals surface area contributed by atoms with E-state index < -0.39 is 42.3 Å². The molecule has 0 aliphatic rings. The Morgan fingerprint density at radius 1 is 0.372 bits per heavy atom. The molecule has 0 rings (SSSR count). The van der Waals surface area contributed by atoms with Gasteiger partial charge in [0.1, 0.15) is 31.0 Å². The first-order chi connectivity index (χ1) is 37.4. The van der Waals surface area contributed by atoms with Gasteiger partial charge in [0.2, 0.25) is 0 Å². The summed E-state index contributed by atoms with van der Waals surface area (Å²) in [6.45, 7) is 5.97. The predicted molar refractivity (Wildman–Crippen MR) is 311 cm³/mol. The second-order valence-corrected chi connectivity index (χ2v) is 20.2. The molecule has 3 unspecified atom stereocenters. The molecule has 0 aliphatic heterocycles. The highest BCUT2D eigenvalue weighted by Crippen LogP contribution is 2.15. The van der Waals surface area contributed by atoms with Crippen molar-refractivity contribution in [2.75, 3.05) is 39.6 Å². The van der Waals surface area contributed by atoms with E-state index in [0.717, 1.165) is 77.0 Å². The molecule has 0 bridgehead atoms. The number of esters is 1. The van der Waals surface area contributed by atoms with Crippen LogP contribution in [0.2, 0.25) is 0 Å². The van der Waals surface area contributed by atoms with Gasteiger partial charge in [-0.05, 0) is 51.9 Å². The molecule has 0 aromatic carbocycles. The number of aliphatic hydroxyl groups excluding tert-OH is 10. The van der Waals surface area contributed by atoms with Crippen molar-refractivity contribution in [3.8, 4) is 0 Å². The molecule has 13 N–H and O–H groups in total. The molecule has 18 heteroatoms. The number of allylic oxidation sites excluding steroid dienone is 1. The quantitative estimate of drug-likeness (QED) is 0.0153. The molecule has 78 heavy (non-hydrogen) atoms. The summed E-state index contributed by atoms with van der Waals surface area (Å²) in [5.41, 5.74) is 0. The number of ether oxygens (including phenoxy) is 1. The first-order valence-electron chi connectivity index (χ1n) is 30.3. The average molecular weight is 1130 g/mol. The first-order valence-corrected chi connectivity index (χ1v) is 30.3. The van der Waals surface area contributed by atoms with Gasteiger partial charge in [0.25, 0.3) is 0 Å². The molecule has 0 saturated heterocycles. The molecule has 0 radical (unpaired) electrons. The van der Waals surface area contributed by atoms with Gasteiger partial charge >= 0.3 is 23.9 Å². The van der Waals surface area contributed by atoms with E-state index in [4.69, 9.17) is 66.0 Å². The SMILES string of the molecule is CC(O)C(=O)O.CCCCCCC(O)C/C=C\CCCCCCCC(=O)O.CCCCCCCCCCCCCC(=O)O.CCCCCCCCCCCCCCCC(=O)OCC(O)CO.OCC(O)CO.OCC(O)CO. The lowest BCUT2D eigenvalue weighted by Gasteiger charge is -2.08. The maximum absolute atomic E-state index is 11.3. The Hall–Kier alpha value is -2.78. The summed E-state index contributed by atoms with van der Waals surface area (Å²) in [6.07, 6.45) is 44.7. The van der Waals surface area contributed by atoms with Crippen molar-refractivity contribution in [3.63, 3.8) is 0 Å². The van der Waals surface area contributed by atoms with Crippen LogP contribution in [0.25, 0.3) is 0 Å². The van der Waals surface area contributed by atoms with Gasteiger partial charge < -0.3 is 71.1 Å². The van der Waals surface area contributed by atoms with Crippen LogP contribution in [0.5, 0.6) is 0 Å². The van der Waals surface area contributed by atoms with Crippen molar-refractivity contribution in [1.82, 2.24) is 0 Å². The predicted octanol–water partition coefficient (Wildman–Crippen LogP) is 10.3. The van der Waals surface area contributed by atoms with E-state index in [-0.39, 0.29) is 51.7 Å². The van der Waals surface area contributed by atoms with E-state index >= 15 is 0 Å². The van der Waals surface area contributed by atoms with E-state index in [9.17, 15) is 24.3 Å². The van der Waals surface area contributed by atoms with E-state index in [0.29, 0.717) is 19.3 Å². The molecule has 0 amide bonds. The Labute approximate surface area is 473 Å². The molecule has 0 aliphatic carbocycles. The molecule has 0 aromatic heterocycles. The van der Waals surface area contributed by atoms with Gasteiger partial charge in [-0.3, -0.25) is 14.4 Å². The van der Waals surface area contributed by atoms with Gasteiger partial charge in [-0.15, -0.1) is 0 Å². The highest BCUT2D eigenvalue weighted by Gasteiger charge is 2.08. The minimum absolute atomic E-state index is 0.103. The third kappa shape index (κ3) is 95.6. The maximum Gasteiger partial charge on any atom is 0.332 e. The van der Waals surface area contributed by atoms with Crippen molar-refractivity contribution in [2.24, 2.45) is 0 Å². The largest absolute Gasteiger partial charge is 0.481 e. The van der Waals surface area contributed by atoms with Crippen LogP contribution in [0, 0.1) is 0 Å². The summed E-state index contributed by atoms with van der Waals surface area (Å²) in [7, 11) is 0. The summed E-state index contributed by atoms with van der Waals surface area (Å²) in [6, 6.07) is 0. The second kappa shape index (κ2) is 76.3. The van der Waals surface area contributed by atoms with Gasteiger partial charge in [-0.25, -0.2) is 4.79 Å². The van der Waals surface area contributed by atoms with Crippen LogP contribution >= 0.6 is 0 Å². The number of carboxylic acid groups (broad SMARTS) is 3. The fraction of sp³-hybridized carbons (Fsp3) is 0.900. The van der Waals surface area contributed by atoms with Gasteiger partial charge in [0, 0.05) is 19.3 Å². The molecular weight excluding hydrogens is 1010 g/mol. The Balaban J connectivity index is -0.000000216. The lowest BCUT2D eigenvalue weighted by atomic mass is 10.0. The number of hydrogen-bond acceptors (Lipinski definition) is 15. The van der Waals surface area contributed by atoms with Gasteiger partial charge in [0.05, 0.1) is 39.1 Å². The second-order valence-electron chi connectivity index (χ2n) is 20.2. The molecule has 3 atom stereocenters. The lowest BCUT2D eigenvalue weighted by molar-refractivity contribution is -0.147. The van der Waals surface area contributed by atoms with Crippen LogP contribution in [-0.4, -0.2) is 160 Å². The monoisotopic (exact) mass is 1130 g/mol. The third-order valence-electron chi connectivity index (χ3n) is 12.1. The molecule has 470 valence electrons. The number of aliphatic hydroxyl groups is 10. The summed E-state index contributed by atoms with van der Waals surface area (Å²) in [4.78, 5) is 41.4. The molecule has 0 aromatic rings. The van der Waals surface area contributed by atoms with Crippen LogP contribution < -0.4 is 0 Å². The van der Waals surface area contributed by atoms with Crippen LogP contribution in [-0.2, 0) is 23.9 Å². The van der Waals surface area contributed by atoms with Crippen molar-refractivity contribution >= 4 is 23.9 Å². The molecule has 0 spiro atoms. The number of carbonyl (C=O) groups is 4. The Morgan fingerprint density at radius 2 is 0.654 bits per heavy atom. The summed E-state index contributed by atoms with van der Waals surface area (Å²) >= 11 is 0. The number of aliphatic carboxylic acids is 3. The minimum atomic E-state index is -1.23. The number of hydrogen-bond donors (Lipinski definition) is 13. The Bertz CT molecular complexity index is 1190. The number of carboxylic acids is 3. The molecular formula is C60H122O18. The normalized spacial score (nSPS) is 11.8. The smallest absolute Gasteiger partial charge is 0.332 e. The van der Waals surface area contributed by atoms with Gasteiger partial charge in [-0.1, -0.05) is 219 Å². The minimum Gasteiger partial charge on any atom is -0.481 e. The van der Waals surface area contributed by atoms with Crippen LogP contribution in [0.3, 0.4) is 0 Å². The summed E-state index contributed by atoms with van der Waals surface area (Å²) in [5, 5.41) is 108. The van der Waals surface area contributed by atoms with E-state index in [1.54, 1.807) is 0 Å². The summed E-state index contributed by atoms with van der Waals surface area (Å²) in [5.74, 6) is -2.81. The van der Waals surface area contributed by atoms with Crippen molar-refractivity contribution in [2.45, 2.75) is 309 Å². The zero-order valence-corrected chi connectivity index (χ0v) is 49.7. The molecule has 0 fully saturated rings. The van der Waals surface area contributed by atoms with Crippen LogP contribution in [0.4, 0.5) is 0 Å². The van der Waals surface area contributed by atoms with E-state index in [1.165, 1.54) is 161 Å². The highest BCUT2D eigenvalue weighted by molar-refractivity contribution is 5.71. The Morgan fingerprint density at radius 3 is 0.936 bits per heavy atom. The van der Waals surface area contributed by atoms with Crippen LogP contribution in [0.15, 0.2) is 12.2 Å². The van der Waals surface area contributed by atoms with Crippen molar-refractivity contribution < 1.29 is 90.3 Å². The molecule has 0 heterocycles. The van der Waals surface area contributed by atoms with Gasteiger partial charge in [-0.2, -0.15) is 0 Å². The topological polar surface area (TPSA) is 341 Å². The van der Waals surface area contributed by atoms with Gasteiger partial charge in [0.15, 0.2) is 0 Å². The molecule has 0 saturated carbocycles.